The van der Waals surface area contributed by atoms with E-state index in [1.165, 1.54) is 34.2 Å². The van der Waals surface area contributed by atoms with Gasteiger partial charge in [-0.1, -0.05) is 41.7 Å². The predicted octanol–water partition coefficient (Wildman–Crippen LogP) is 4.78. The topological polar surface area (TPSA) is 114 Å². The lowest BCUT2D eigenvalue weighted by Crippen LogP contribution is -2.18. The molecule has 8 nitrogen and oxygen atoms in total. The molecular formula is C22H16N4O4S3. The number of carboxylic acid groups (broad SMARTS) is 1. The molecule has 1 amide bonds. The molecular weight excluding hydrogens is 480 g/mol. The number of rotatable bonds is 5. The van der Waals surface area contributed by atoms with E-state index in [-0.39, 0.29) is 6.61 Å². The summed E-state index contributed by atoms with van der Waals surface area (Å²) in [5.74, 6) is 5.11. The smallest absolute Gasteiger partial charge is 0.412 e. The zero-order chi connectivity index (χ0) is 23.0. The van der Waals surface area contributed by atoms with Crippen LogP contribution in [0.3, 0.4) is 0 Å². The molecule has 3 heterocycles. The molecule has 33 heavy (non-hydrogen) atoms. The third-order valence-electron chi connectivity index (χ3n) is 5.14. The van der Waals surface area contributed by atoms with Crippen LogP contribution in [0.1, 0.15) is 39.0 Å². The third-order valence-corrected chi connectivity index (χ3v) is 8.19. The molecule has 2 N–H and O–H groups in total. The van der Waals surface area contributed by atoms with E-state index in [0.717, 1.165) is 14.5 Å². The fourth-order valence-electron chi connectivity index (χ4n) is 3.12. The second-order valence-corrected chi connectivity index (χ2v) is 10.7. The summed E-state index contributed by atoms with van der Waals surface area (Å²) in [6, 6.07) is 9.42. The zero-order valence-electron chi connectivity index (χ0n) is 17.2. The summed E-state index contributed by atoms with van der Waals surface area (Å²) in [4.78, 5) is 33.4. The van der Waals surface area contributed by atoms with E-state index in [2.05, 4.69) is 31.5 Å². The van der Waals surface area contributed by atoms with E-state index in [1.807, 2.05) is 37.3 Å². The molecule has 1 fully saturated rings. The minimum atomic E-state index is -0.829. The predicted molar refractivity (Wildman–Crippen MR) is 127 cm³/mol. The quantitative estimate of drug-likeness (QED) is 0.382. The molecule has 3 aromatic heterocycles. The number of carbonyl (C=O) groups excluding carboxylic acids is 1. The van der Waals surface area contributed by atoms with Crippen molar-refractivity contribution in [2.75, 3.05) is 5.32 Å². The summed E-state index contributed by atoms with van der Waals surface area (Å²) >= 11 is 3.97. The van der Waals surface area contributed by atoms with Crippen molar-refractivity contribution in [3.8, 4) is 11.8 Å². The Hall–Kier alpha value is -3.33. The fraction of sp³-hybridized carbons (Fsp3) is 0.227. The first-order valence-corrected chi connectivity index (χ1v) is 12.3. The number of benzene rings is 1. The molecule has 1 aliphatic carbocycles. The highest BCUT2D eigenvalue weighted by Crippen LogP contribution is 2.51. The maximum absolute atomic E-state index is 12.2. The normalized spacial score (nSPS) is 13.8. The van der Waals surface area contributed by atoms with Crippen molar-refractivity contribution >= 4 is 61.6 Å². The Morgan fingerprint density at radius 2 is 1.97 bits per heavy atom. The Morgan fingerprint density at radius 1 is 1.18 bits per heavy atom. The number of carboxylic acids is 1. The molecule has 1 aromatic carbocycles. The van der Waals surface area contributed by atoms with Gasteiger partial charge in [0.2, 0.25) is 0 Å². The second kappa shape index (κ2) is 8.55. The van der Waals surface area contributed by atoms with Crippen molar-refractivity contribution < 1.29 is 19.4 Å². The molecule has 0 aliphatic heterocycles. The second-order valence-electron chi connectivity index (χ2n) is 7.44. The largest absolute Gasteiger partial charge is 0.481 e. The van der Waals surface area contributed by atoms with Crippen LogP contribution in [-0.2, 0) is 21.6 Å². The van der Waals surface area contributed by atoms with Gasteiger partial charge in [-0.05, 0) is 48.7 Å². The lowest BCUT2D eigenvalue weighted by Gasteiger charge is -2.06. The number of amides is 1. The molecule has 0 unspecified atom stereocenters. The van der Waals surface area contributed by atoms with Crippen LogP contribution in [0.4, 0.5) is 10.5 Å². The molecule has 0 radical (unpaired) electrons. The van der Waals surface area contributed by atoms with Crippen molar-refractivity contribution in [3.63, 3.8) is 0 Å². The van der Waals surface area contributed by atoms with Crippen LogP contribution in [0.5, 0.6) is 0 Å². The minimum Gasteiger partial charge on any atom is -0.481 e. The highest BCUT2D eigenvalue weighted by molar-refractivity contribution is 7.38. The average molecular weight is 497 g/mol. The summed E-state index contributed by atoms with van der Waals surface area (Å²) in [6.45, 7) is 2.01. The Morgan fingerprint density at radius 3 is 2.67 bits per heavy atom. The van der Waals surface area contributed by atoms with Crippen LogP contribution in [0.25, 0.3) is 9.66 Å². The van der Waals surface area contributed by atoms with Crippen molar-refractivity contribution in [2.24, 2.45) is 0 Å². The molecule has 1 aliphatic rings. The van der Waals surface area contributed by atoms with Crippen LogP contribution >= 0.6 is 34.2 Å². The van der Waals surface area contributed by atoms with Gasteiger partial charge < -0.3 is 9.84 Å². The highest BCUT2D eigenvalue weighted by Gasteiger charge is 2.54. The number of hydrogen-bond donors (Lipinski definition) is 2. The minimum absolute atomic E-state index is 0.165. The van der Waals surface area contributed by atoms with Gasteiger partial charge in [0, 0.05) is 4.88 Å². The van der Waals surface area contributed by atoms with Gasteiger partial charge in [-0.15, -0.1) is 11.3 Å². The number of fused-ring (bicyclic) bond motifs is 1. The number of carbonyl (C=O) groups is 2. The molecule has 0 spiro atoms. The number of anilines is 1. The molecule has 166 valence electrons. The maximum atomic E-state index is 12.2. The van der Waals surface area contributed by atoms with Gasteiger partial charge in [0.05, 0.1) is 5.69 Å². The van der Waals surface area contributed by atoms with Crippen LogP contribution in [0, 0.1) is 18.8 Å². The number of aromatic nitrogens is 3. The number of aliphatic carboxylic acids is 1. The number of hydrogen-bond acceptors (Lipinski definition) is 9. The standard InChI is InChI=1S/C22H16N4O4S3/c1-12-16(24-21(29)30-11-13-5-3-2-4-6-13)14(26-33-12)7-8-15-23-17-18(31-15)32-19(25-17)22(9-10-22)20(27)28/h2-6H,9-11H2,1H3,(H,24,29)(H,27,28). The van der Waals surface area contributed by atoms with E-state index in [4.69, 9.17) is 4.74 Å². The lowest BCUT2D eigenvalue weighted by atomic mass is 10.1. The Balaban J connectivity index is 1.29. The maximum Gasteiger partial charge on any atom is 0.412 e. The van der Waals surface area contributed by atoms with Crippen molar-refractivity contribution in [2.45, 2.75) is 31.8 Å². The van der Waals surface area contributed by atoms with Gasteiger partial charge in [0.25, 0.3) is 0 Å². The zero-order valence-corrected chi connectivity index (χ0v) is 19.7. The van der Waals surface area contributed by atoms with Gasteiger partial charge in [0.15, 0.2) is 16.3 Å². The molecule has 0 bridgehead atoms. The first kappa shape index (κ1) is 21.5. The Bertz CT molecular complexity index is 1390. The van der Waals surface area contributed by atoms with Crippen molar-refractivity contribution in [1.29, 1.82) is 0 Å². The number of aryl methyl sites for hydroxylation is 1. The van der Waals surface area contributed by atoms with E-state index in [9.17, 15) is 14.7 Å². The van der Waals surface area contributed by atoms with Gasteiger partial charge in [-0.25, -0.2) is 14.8 Å². The van der Waals surface area contributed by atoms with Crippen LogP contribution in [0.2, 0.25) is 0 Å². The highest BCUT2D eigenvalue weighted by atomic mass is 32.2. The monoisotopic (exact) mass is 496 g/mol. The van der Waals surface area contributed by atoms with E-state index >= 15 is 0 Å². The first-order valence-electron chi connectivity index (χ1n) is 9.92. The number of ether oxygens (including phenoxy) is 1. The summed E-state index contributed by atoms with van der Waals surface area (Å²) in [7, 11) is 0. The van der Waals surface area contributed by atoms with Crippen LogP contribution in [0.15, 0.2) is 30.3 Å². The van der Waals surface area contributed by atoms with Crippen molar-refractivity contribution in [3.05, 3.63) is 56.5 Å². The van der Waals surface area contributed by atoms with Gasteiger partial charge in [0.1, 0.15) is 21.0 Å². The lowest BCUT2D eigenvalue weighted by molar-refractivity contribution is -0.140. The molecule has 11 heteroatoms. The molecule has 4 aromatic rings. The molecule has 0 atom stereocenters. The van der Waals surface area contributed by atoms with Gasteiger partial charge in [-0.3, -0.25) is 10.1 Å². The average Bonchev–Trinajstić information content (AvgIpc) is 3.24. The van der Waals surface area contributed by atoms with Crippen molar-refractivity contribution in [1.82, 2.24) is 14.3 Å². The Labute approximate surface area is 200 Å². The van der Waals surface area contributed by atoms with Crippen LogP contribution in [-0.4, -0.2) is 31.5 Å². The summed E-state index contributed by atoms with van der Waals surface area (Å²) in [6.07, 6.45) is 0.648. The third kappa shape index (κ3) is 4.32. The number of nitrogens with one attached hydrogen (secondary N) is 1. The van der Waals surface area contributed by atoms with E-state index in [0.29, 0.717) is 39.9 Å². The molecule has 0 saturated heterocycles. The molecule has 1 saturated carbocycles. The number of thiazole rings is 2. The molecule has 5 rings (SSSR count). The van der Waals surface area contributed by atoms with E-state index in [1.54, 1.807) is 0 Å². The summed E-state index contributed by atoms with van der Waals surface area (Å²) < 4.78 is 10.4. The summed E-state index contributed by atoms with van der Waals surface area (Å²) in [5, 5.41) is 13.3. The van der Waals surface area contributed by atoms with Crippen LogP contribution < -0.4 is 5.32 Å². The first-order chi connectivity index (χ1) is 15.9. The summed E-state index contributed by atoms with van der Waals surface area (Å²) in [5.41, 5.74) is 1.54. The van der Waals surface area contributed by atoms with E-state index < -0.39 is 17.5 Å². The number of nitrogens with zero attached hydrogens (tertiary/aromatic N) is 3. The fourth-order valence-corrected chi connectivity index (χ4v) is 5.94. The van der Waals surface area contributed by atoms with Gasteiger partial charge >= 0.3 is 12.1 Å². The van der Waals surface area contributed by atoms with Gasteiger partial charge in [-0.2, -0.15) is 4.37 Å². The Kier molecular flexibility index (Phi) is 5.57. The SMILES string of the molecule is Cc1snc(C#Cc2nc3nc(C4(C(=O)O)CC4)sc3s2)c1NC(=O)OCc1ccccc1.